The molecule has 1 N–H and O–H groups in total. The average molecular weight is 343 g/mol. The van der Waals surface area contributed by atoms with Gasteiger partial charge in [-0.3, -0.25) is 0 Å². The molecule has 1 aliphatic carbocycles. The summed E-state index contributed by atoms with van der Waals surface area (Å²) in [5.41, 5.74) is 2.59. The number of nitrogens with zero attached hydrogens (tertiary/aromatic N) is 5. The Morgan fingerprint density at radius 2 is 1.88 bits per heavy atom. The first-order valence-electron chi connectivity index (χ1n) is 8.35. The lowest BCUT2D eigenvalue weighted by Gasteiger charge is -2.23. The van der Waals surface area contributed by atoms with Crippen LogP contribution in [0.2, 0.25) is 5.02 Å². The minimum atomic E-state index is 0.471. The lowest BCUT2D eigenvalue weighted by molar-refractivity contribution is 0.462. The maximum atomic E-state index is 5.94. The lowest BCUT2D eigenvalue weighted by Crippen LogP contribution is -2.23. The van der Waals surface area contributed by atoms with Crippen LogP contribution in [0.3, 0.4) is 0 Å². The molecule has 2 heterocycles. The zero-order chi connectivity index (χ0) is 16.4. The van der Waals surface area contributed by atoms with E-state index in [1.54, 1.807) is 11.0 Å². The van der Waals surface area contributed by atoms with Crippen molar-refractivity contribution in [3.63, 3.8) is 0 Å². The van der Waals surface area contributed by atoms with Gasteiger partial charge in [0, 0.05) is 11.1 Å². The molecule has 6 nitrogen and oxygen atoms in total. The molecule has 124 valence electrons. The summed E-state index contributed by atoms with van der Waals surface area (Å²) in [5, 5.41) is 12.8. The summed E-state index contributed by atoms with van der Waals surface area (Å²) in [5.74, 6) is 0.786. The van der Waals surface area contributed by atoms with Gasteiger partial charge < -0.3 is 5.32 Å². The van der Waals surface area contributed by atoms with Crippen molar-refractivity contribution in [2.24, 2.45) is 0 Å². The summed E-state index contributed by atoms with van der Waals surface area (Å²) in [4.78, 5) is 8.75. The van der Waals surface area contributed by atoms with E-state index in [2.05, 4.69) is 25.6 Å². The van der Waals surface area contributed by atoms with Gasteiger partial charge in [0.1, 0.15) is 6.33 Å². The Morgan fingerprint density at radius 3 is 2.67 bits per heavy atom. The summed E-state index contributed by atoms with van der Waals surface area (Å²) in [6.07, 6.45) is 7.82. The van der Waals surface area contributed by atoms with Crippen LogP contribution in [0.5, 0.6) is 0 Å². The first-order chi connectivity index (χ1) is 11.8. The molecule has 24 heavy (non-hydrogen) atoms. The van der Waals surface area contributed by atoms with Crippen LogP contribution in [0.1, 0.15) is 37.7 Å². The Kier molecular flexibility index (Phi) is 4.30. The van der Waals surface area contributed by atoms with Crippen molar-refractivity contribution in [2.75, 3.05) is 5.32 Å². The topological polar surface area (TPSA) is 68.5 Å². The number of benzene rings is 1. The molecule has 0 saturated heterocycles. The van der Waals surface area contributed by atoms with Crippen LogP contribution in [0, 0.1) is 0 Å². The predicted octanol–water partition coefficient (Wildman–Crippen LogP) is 3.67. The second-order valence-corrected chi connectivity index (χ2v) is 6.68. The lowest BCUT2D eigenvalue weighted by atomic mass is 9.95. The first-order valence-corrected chi connectivity index (χ1v) is 8.72. The van der Waals surface area contributed by atoms with E-state index < -0.39 is 0 Å². The van der Waals surface area contributed by atoms with Crippen molar-refractivity contribution in [3.8, 4) is 0 Å². The highest BCUT2D eigenvalue weighted by Crippen LogP contribution is 2.24. The van der Waals surface area contributed by atoms with Crippen molar-refractivity contribution in [1.82, 2.24) is 25.0 Å². The van der Waals surface area contributed by atoms with E-state index >= 15 is 0 Å². The van der Waals surface area contributed by atoms with Crippen molar-refractivity contribution in [3.05, 3.63) is 41.2 Å². The molecule has 0 radical (unpaired) electrons. The van der Waals surface area contributed by atoms with Gasteiger partial charge in [0.15, 0.2) is 17.0 Å². The second kappa shape index (κ2) is 6.73. The molecule has 3 aromatic rings. The van der Waals surface area contributed by atoms with E-state index in [9.17, 15) is 0 Å². The first kappa shape index (κ1) is 15.3. The Labute approximate surface area is 145 Å². The van der Waals surface area contributed by atoms with E-state index in [1.165, 1.54) is 32.1 Å². The van der Waals surface area contributed by atoms with Crippen molar-refractivity contribution in [1.29, 1.82) is 0 Å². The Morgan fingerprint density at radius 1 is 1.08 bits per heavy atom. The van der Waals surface area contributed by atoms with Crippen LogP contribution >= 0.6 is 11.6 Å². The van der Waals surface area contributed by atoms with Gasteiger partial charge in [-0.1, -0.05) is 48.2 Å². The number of anilines is 1. The fraction of sp³-hybridized carbons (Fsp3) is 0.412. The van der Waals surface area contributed by atoms with Crippen LogP contribution in [-0.4, -0.2) is 31.0 Å². The second-order valence-electron chi connectivity index (χ2n) is 6.25. The third-order valence-electron chi connectivity index (χ3n) is 4.49. The molecule has 0 aliphatic heterocycles. The molecule has 0 atom stereocenters. The van der Waals surface area contributed by atoms with Gasteiger partial charge >= 0.3 is 0 Å². The van der Waals surface area contributed by atoms with Gasteiger partial charge in [-0.15, -0.1) is 5.10 Å². The highest BCUT2D eigenvalue weighted by Gasteiger charge is 2.17. The van der Waals surface area contributed by atoms with Gasteiger partial charge in [0.2, 0.25) is 0 Å². The minimum Gasteiger partial charge on any atom is -0.365 e. The molecular weight excluding hydrogens is 324 g/mol. The van der Waals surface area contributed by atoms with Crippen LogP contribution in [0.4, 0.5) is 5.82 Å². The fourth-order valence-electron chi connectivity index (χ4n) is 3.21. The van der Waals surface area contributed by atoms with Gasteiger partial charge in [0.05, 0.1) is 6.54 Å². The van der Waals surface area contributed by atoms with Crippen molar-refractivity contribution < 1.29 is 0 Å². The van der Waals surface area contributed by atoms with Crippen LogP contribution in [-0.2, 0) is 6.54 Å². The van der Waals surface area contributed by atoms with E-state index in [4.69, 9.17) is 11.6 Å². The molecule has 2 aromatic heterocycles. The number of fused-ring (bicyclic) bond motifs is 1. The standard InChI is InChI=1S/C17H19ClN6/c18-13-8-6-12(7-9-13)10-24-17-15(22-23-24)16(19-11-20-17)21-14-4-2-1-3-5-14/h6-9,11,14H,1-5,10H2,(H,19,20,21). The quantitative estimate of drug-likeness (QED) is 0.783. The molecule has 7 heteroatoms. The number of aromatic nitrogens is 5. The number of halogens is 1. The highest BCUT2D eigenvalue weighted by molar-refractivity contribution is 6.30. The number of hydrogen-bond donors (Lipinski definition) is 1. The number of nitrogens with one attached hydrogen (secondary N) is 1. The van der Waals surface area contributed by atoms with Crippen LogP contribution in [0.15, 0.2) is 30.6 Å². The monoisotopic (exact) mass is 342 g/mol. The zero-order valence-electron chi connectivity index (χ0n) is 13.3. The van der Waals surface area contributed by atoms with Gasteiger partial charge in [-0.25, -0.2) is 14.6 Å². The van der Waals surface area contributed by atoms with E-state index in [1.807, 2.05) is 24.3 Å². The fourth-order valence-corrected chi connectivity index (χ4v) is 3.33. The Hall–Kier alpha value is -2.21. The molecule has 0 amide bonds. The largest absolute Gasteiger partial charge is 0.365 e. The molecule has 1 aliphatic rings. The molecule has 1 fully saturated rings. The average Bonchev–Trinajstić information content (AvgIpc) is 3.02. The van der Waals surface area contributed by atoms with Crippen LogP contribution in [0.25, 0.3) is 11.2 Å². The Balaban J connectivity index is 1.59. The summed E-state index contributed by atoms with van der Waals surface area (Å²) in [6.45, 7) is 0.605. The van der Waals surface area contributed by atoms with Crippen LogP contribution < -0.4 is 5.32 Å². The molecular formula is C17H19ClN6. The summed E-state index contributed by atoms with van der Waals surface area (Å²) < 4.78 is 1.80. The number of rotatable bonds is 4. The highest BCUT2D eigenvalue weighted by atomic mass is 35.5. The molecule has 1 aromatic carbocycles. The third kappa shape index (κ3) is 3.19. The maximum Gasteiger partial charge on any atom is 0.184 e. The normalized spacial score (nSPS) is 15.7. The van der Waals surface area contributed by atoms with E-state index in [-0.39, 0.29) is 0 Å². The summed E-state index contributed by atoms with van der Waals surface area (Å²) in [7, 11) is 0. The van der Waals surface area contributed by atoms with Gasteiger partial charge in [-0.05, 0) is 30.5 Å². The van der Waals surface area contributed by atoms with Crippen molar-refractivity contribution in [2.45, 2.75) is 44.7 Å². The predicted molar refractivity (Wildman–Crippen MR) is 94.2 cm³/mol. The molecule has 1 saturated carbocycles. The molecule has 0 bridgehead atoms. The molecule has 4 rings (SSSR count). The molecule has 0 unspecified atom stereocenters. The van der Waals surface area contributed by atoms with Gasteiger partial charge in [-0.2, -0.15) is 0 Å². The summed E-state index contributed by atoms with van der Waals surface area (Å²) >= 11 is 5.94. The summed E-state index contributed by atoms with van der Waals surface area (Å²) in [6, 6.07) is 8.19. The Bertz CT molecular complexity index is 823. The van der Waals surface area contributed by atoms with Gasteiger partial charge in [0.25, 0.3) is 0 Å². The zero-order valence-corrected chi connectivity index (χ0v) is 14.1. The maximum absolute atomic E-state index is 5.94. The van der Waals surface area contributed by atoms with E-state index in [0.717, 1.165) is 27.6 Å². The van der Waals surface area contributed by atoms with E-state index in [0.29, 0.717) is 12.6 Å². The smallest absolute Gasteiger partial charge is 0.184 e. The number of hydrogen-bond acceptors (Lipinski definition) is 5. The molecule has 0 spiro atoms. The third-order valence-corrected chi connectivity index (χ3v) is 4.74. The van der Waals surface area contributed by atoms with Crippen molar-refractivity contribution >= 4 is 28.6 Å². The minimum absolute atomic E-state index is 0.471. The SMILES string of the molecule is Clc1ccc(Cn2nnc3c(NC4CCCCC4)ncnc32)cc1.